The van der Waals surface area contributed by atoms with E-state index in [1.165, 1.54) is 11.1 Å². The smallest absolute Gasteiger partial charge is 0.247 e. The highest BCUT2D eigenvalue weighted by atomic mass is 32.2. The highest BCUT2D eigenvalue weighted by molar-refractivity contribution is 8.00. The second-order valence-electron chi connectivity index (χ2n) is 6.64. The molecule has 0 N–H and O–H groups in total. The summed E-state index contributed by atoms with van der Waals surface area (Å²) >= 11 is 1.74. The van der Waals surface area contributed by atoms with Crippen LogP contribution in [0.2, 0.25) is 0 Å². The van der Waals surface area contributed by atoms with Gasteiger partial charge >= 0.3 is 0 Å². The molecule has 0 unspecified atom stereocenters. The van der Waals surface area contributed by atoms with Crippen molar-refractivity contribution in [3.05, 3.63) is 102 Å². The highest BCUT2D eigenvalue weighted by Gasteiger charge is 2.49. The Morgan fingerprint density at radius 2 is 1.38 bits per heavy atom. The monoisotopic (exact) mass is 359 g/mol. The van der Waals surface area contributed by atoms with Crippen molar-refractivity contribution in [1.82, 2.24) is 0 Å². The fourth-order valence-electron chi connectivity index (χ4n) is 3.63. The number of carbonyl (C=O) groups excluding carboxylic acids is 1. The van der Waals surface area contributed by atoms with Crippen LogP contribution in [0.3, 0.4) is 0 Å². The lowest BCUT2D eigenvalue weighted by atomic mass is 9.92. The van der Waals surface area contributed by atoms with Crippen molar-refractivity contribution < 1.29 is 4.79 Å². The van der Waals surface area contributed by atoms with Gasteiger partial charge in [0.25, 0.3) is 0 Å². The molecule has 3 aromatic rings. The van der Waals surface area contributed by atoms with Crippen molar-refractivity contribution in [2.24, 2.45) is 0 Å². The predicted octanol–water partition coefficient (Wildman–Crippen LogP) is 5.03. The van der Waals surface area contributed by atoms with Gasteiger partial charge in [-0.05, 0) is 17.2 Å². The third kappa shape index (κ3) is 2.93. The van der Waals surface area contributed by atoms with E-state index in [-0.39, 0.29) is 5.91 Å². The van der Waals surface area contributed by atoms with Gasteiger partial charge in [0, 0.05) is 30.5 Å². The second-order valence-corrected chi connectivity index (χ2v) is 7.92. The van der Waals surface area contributed by atoms with Gasteiger partial charge in [0.1, 0.15) is 4.75 Å². The molecule has 130 valence electrons. The topological polar surface area (TPSA) is 20.3 Å². The first-order valence-electron chi connectivity index (χ1n) is 8.80. The molecule has 1 atom stereocenters. The van der Waals surface area contributed by atoms with Crippen LogP contribution in [0.4, 0.5) is 5.69 Å². The SMILES string of the molecule is CN1C(=O)[C@@](Cc2ccccc2)(SCc2ccccc2)c2ccccc21. The normalized spacial score (nSPS) is 18.8. The van der Waals surface area contributed by atoms with Gasteiger partial charge in [-0.25, -0.2) is 0 Å². The van der Waals surface area contributed by atoms with Gasteiger partial charge in [0.05, 0.1) is 0 Å². The molecule has 0 bridgehead atoms. The number of anilines is 1. The van der Waals surface area contributed by atoms with Crippen molar-refractivity contribution in [1.29, 1.82) is 0 Å². The van der Waals surface area contributed by atoms with E-state index in [4.69, 9.17) is 0 Å². The summed E-state index contributed by atoms with van der Waals surface area (Å²) in [4.78, 5) is 15.2. The third-order valence-electron chi connectivity index (χ3n) is 4.97. The van der Waals surface area contributed by atoms with Crippen LogP contribution in [0.1, 0.15) is 16.7 Å². The van der Waals surface area contributed by atoms with Gasteiger partial charge in [-0.3, -0.25) is 4.79 Å². The number of fused-ring (bicyclic) bond motifs is 1. The predicted molar refractivity (Wildman–Crippen MR) is 109 cm³/mol. The van der Waals surface area contributed by atoms with Crippen LogP contribution >= 0.6 is 11.8 Å². The molecule has 3 aromatic carbocycles. The molecule has 0 fully saturated rings. The molecule has 3 heteroatoms. The zero-order chi connectivity index (χ0) is 18.0. The second kappa shape index (κ2) is 7.00. The molecule has 26 heavy (non-hydrogen) atoms. The molecule has 1 amide bonds. The molecule has 2 nitrogen and oxygen atoms in total. The Morgan fingerprint density at radius 3 is 2.08 bits per heavy atom. The molecule has 0 aliphatic carbocycles. The van der Waals surface area contributed by atoms with E-state index in [1.54, 1.807) is 11.8 Å². The lowest BCUT2D eigenvalue weighted by Crippen LogP contribution is -2.38. The summed E-state index contributed by atoms with van der Waals surface area (Å²) in [5.41, 5.74) is 4.57. The first kappa shape index (κ1) is 16.9. The number of thioether (sulfide) groups is 1. The average molecular weight is 359 g/mol. The number of amides is 1. The Balaban J connectivity index is 1.76. The summed E-state index contributed by atoms with van der Waals surface area (Å²) in [6.45, 7) is 0. The number of nitrogens with zero attached hydrogens (tertiary/aromatic N) is 1. The highest BCUT2D eigenvalue weighted by Crippen LogP contribution is 2.51. The van der Waals surface area contributed by atoms with E-state index < -0.39 is 4.75 Å². The zero-order valence-corrected chi connectivity index (χ0v) is 15.6. The first-order chi connectivity index (χ1) is 12.7. The summed E-state index contributed by atoms with van der Waals surface area (Å²) in [7, 11) is 1.89. The third-order valence-corrected chi connectivity index (χ3v) is 6.48. The van der Waals surface area contributed by atoms with E-state index in [0.29, 0.717) is 6.42 Å². The molecule has 1 aliphatic rings. The Bertz CT molecular complexity index is 910. The van der Waals surface area contributed by atoms with Gasteiger partial charge in [0.15, 0.2) is 0 Å². The summed E-state index contributed by atoms with van der Waals surface area (Å²) in [5, 5.41) is 0. The summed E-state index contributed by atoms with van der Waals surface area (Å²) in [6.07, 6.45) is 0.700. The Labute approximate surface area is 158 Å². The molecule has 4 rings (SSSR count). The number of likely N-dealkylation sites (N-methyl/N-ethyl adjacent to an activating group) is 1. The van der Waals surface area contributed by atoms with Crippen molar-refractivity contribution in [2.75, 3.05) is 11.9 Å². The number of benzene rings is 3. The van der Waals surface area contributed by atoms with Crippen LogP contribution in [-0.2, 0) is 21.7 Å². The summed E-state index contributed by atoms with van der Waals surface area (Å²) in [5.74, 6) is 0.977. The molecule has 0 radical (unpaired) electrons. The van der Waals surface area contributed by atoms with E-state index in [0.717, 1.165) is 17.0 Å². The summed E-state index contributed by atoms with van der Waals surface area (Å²) in [6, 6.07) is 28.9. The molecule has 0 saturated carbocycles. The Hall–Kier alpha value is -2.52. The van der Waals surface area contributed by atoms with E-state index >= 15 is 0 Å². The van der Waals surface area contributed by atoms with Gasteiger partial charge in [-0.1, -0.05) is 78.9 Å². The van der Waals surface area contributed by atoms with E-state index in [9.17, 15) is 4.79 Å². The van der Waals surface area contributed by atoms with Gasteiger partial charge in [0.2, 0.25) is 5.91 Å². The van der Waals surface area contributed by atoms with Crippen LogP contribution in [0.15, 0.2) is 84.9 Å². The number of hydrogen-bond acceptors (Lipinski definition) is 2. The minimum Gasteiger partial charge on any atom is -0.314 e. The van der Waals surface area contributed by atoms with Gasteiger partial charge in [-0.15, -0.1) is 11.8 Å². The lowest BCUT2D eigenvalue weighted by molar-refractivity contribution is -0.120. The molecular weight excluding hydrogens is 338 g/mol. The Kier molecular flexibility index (Phi) is 4.56. The van der Waals surface area contributed by atoms with Crippen molar-refractivity contribution >= 4 is 23.4 Å². The standard InChI is InChI=1S/C23H21NOS/c1-24-21-15-9-8-14-20(21)23(22(24)25,16-18-10-4-2-5-11-18)26-17-19-12-6-3-7-13-19/h2-15H,16-17H2,1H3/t23-/m0/s1. The molecule has 0 aromatic heterocycles. The van der Waals surface area contributed by atoms with Gasteiger partial charge in [-0.2, -0.15) is 0 Å². The minimum atomic E-state index is -0.581. The zero-order valence-electron chi connectivity index (χ0n) is 14.8. The average Bonchev–Trinajstić information content (AvgIpc) is 2.91. The first-order valence-corrected chi connectivity index (χ1v) is 9.79. The van der Waals surface area contributed by atoms with Crippen molar-refractivity contribution in [3.63, 3.8) is 0 Å². The van der Waals surface area contributed by atoms with Crippen molar-refractivity contribution in [3.8, 4) is 0 Å². The maximum absolute atomic E-state index is 13.4. The van der Waals surface area contributed by atoms with Crippen LogP contribution in [0, 0.1) is 0 Å². The number of hydrogen-bond donors (Lipinski definition) is 0. The number of para-hydroxylation sites is 1. The summed E-state index contributed by atoms with van der Waals surface area (Å²) < 4.78 is -0.581. The largest absolute Gasteiger partial charge is 0.314 e. The van der Waals surface area contributed by atoms with Crippen LogP contribution in [0.25, 0.3) is 0 Å². The quantitative estimate of drug-likeness (QED) is 0.636. The minimum absolute atomic E-state index is 0.170. The molecule has 1 aliphatic heterocycles. The molecule has 0 spiro atoms. The number of carbonyl (C=O) groups is 1. The van der Waals surface area contributed by atoms with Crippen molar-refractivity contribution in [2.45, 2.75) is 16.9 Å². The van der Waals surface area contributed by atoms with Crippen LogP contribution < -0.4 is 4.90 Å². The lowest BCUT2D eigenvalue weighted by Gasteiger charge is -2.28. The van der Waals surface area contributed by atoms with Crippen LogP contribution in [-0.4, -0.2) is 13.0 Å². The molecule has 0 saturated heterocycles. The molecule has 1 heterocycles. The fraction of sp³-hybridized carbons (Fsp3) is 0.174. The van der Waals surface area contributed by atoms with E-state index in [1.807, 2.05) is 54.4 Å². The fourth-order valence-corrected chi connectivity index (χ4v) is 5.09. The van der Waals surface area contributed by atoms with E-state index in [2.05, 4.69) is 42.5 Å². The maximum Gasteiger partial charge on any atom is 0.247 e. The maximum atomic E-state index is 13.4. The molecular formula is C23H21NOS. The Morgan fingerprint density at radius 1 is 0.808 bits per heavy atom. The van der Waals surface area contributed by atoms with Gasteiger partial charge < -0.3 is 4.90 Å². The number of rotatable bonds is 5. The van der Waals surface area contributed by atoms with Crippen LogP contribution in [0.5, 0.6) is 0 Å².